The van der Waals surface area contributed by atoms with Crippen LogP contribution in [0.3, 0.4) is 0 Å². The molecule has 0 saturated carbocycles. The van der Waals surface area contributed by atoms with Gasteiger partial charge in [-0.05, 0) is 30.2 Å². The molecule has 19 heavy (non-hydrogen) atoms. The summed E-state index contributed by atoms with van der Waals surface area (Å²) < 4.78 is 0. The van der Waals surface area contributed by atoms with Crippen LogP contribution in [0.2, 0.25) is 0 Å². The van der Waals surface area contributed by atoms with Gasteiger partial charge in [-0.3, -0.25) is 9.97 Å². The fourth-order valence-corrected chi connectivity index (χ4v) is 2.03. The largest absolute Gasteiger partial charge is 0.322 e. The Kier molecular flexibility index (Phi) is 3.16. The molecule has 0 bridgehead atoms. The minimum atomic E-state index is -0.165. The van der Waals surface area contributed by atoms with E-state index in [0.29, 0.717) is 6.42 Å². The van der Waals surface area contributed by atoms with Crippen molar-refractivity contribution >= 4 is 11.0 Å². The molecule has 0 amide bonds. The number of fused-ring (bicyclic) bond motifs is 1. The van der Waals surface area contributed by atoms with E-state index in [1.54, 1.807) is 12.4 Å². The van der Waals surface area contributed by atoms with E-state index in [1.165, 1.54) is 0 Å². The monoisotopic (exact) mass is 250 g/mol. The van der Waals surface area contributed by atoms with Gasteiger partial charge in [0.25, 0.3) is 0 Å². The van der Waals surface area contributed by atoms with E-state index in [2.05, 4.69) is 15.0 Å². The summed E-state index contributed by atoms with van der Waals surface area (Å²) in [6, 6.07) is 11.6. The van der Waals surface area contributed by atoms with Crippen molar-refractivity contribution in [3.8, 4) is 0 Å². The van der Waals surface area contributed by atoms with Gasteiger partial charge >= 0.3 is 0 Å². The lowest BCUT2D eigenvalue weighted by molar-refractivity contribution is 0.694. The van der Waals surface area contributed by atoms with E-state index in [9.17, 15) is 0 Å². The van der Waals surface area contributed by atoms with Crippen molar-refractivity contribution in [1.82, 2.24) is 15.0 Å². The van der Waals surface area contributed by atoms with E-state index in [-0.39, 0.29) is 6.04 Å². The summed E-state index contributed by atoms with van der Waals surface area (Å²) in [5, 5.41) is 0. The van der Waals surface area contributed by atoms with Gasteiger partial charge < -0.3 is 5.73 Å². The zero-order valence-electron chi connectivity index (χ0n) is 10.4. The summed E-state index contributed by atoms with van der Waals surface area (Å²) in [4.78, 5) is 13.0. The first kappa shape index (κ1) is 11.7. The van der Waals surface area contributed by atoms with Crippen LogP contribution in [-0.4, -0.2) is 15.0 Å². The van der Waals surface area contributed by atoms with Crippen LogP contribution in [0.1, 0.15) is 17.3 Å². The second kappa shape index (κ2) is 5.12. The Bertz CT molecular complexity index is 682. The van der Waals surface area contributed by atoms with E-state index >= 15 is 0 Å². The molecule has 0 saturated heterocycles. The number of benzene rings is 1. The third kappa shape index (κ3) is 2.58. The molecule has 0 radical (unpaired) electrons. The smallest absolute Gasteiger partial charge is 0.0890 e. The highest BCUT2D eigenvalue weighted by molar-refractivity contribution is 5.73. The van der Waals surface area contributed by atoms with Gasteiger partial charge in [-0.25, -0.2) is 4.98 Å². The second-order valence-electron chi connectivity index (χ2n) is 4.46. The topological polar surface area (TPSA) is 64.7 Å². The zero-order chi connectivity index (χ0) is 13.1. The molecule has 0 aliphatic rings. The van der Waals surface area contributed by atoms with Gasteiger partial charge in [0, 0.05) is 12.4 Å². The van der Waals surface area contributed by atoms with Gasteiger partial charge in [-0.1, -0.05) is 18.2 Å². The second-order valence-corrected chi connectivity index (χ2v) is 4.46. The predicted octanol–water partition coefficient (Wildman–Crippen LogP) is 2.27. The van der Waals surface area contributed by atoms with Crippen molar-refractivity contribution < 1.29 is 0 Å². The molecule has 4 nitrogen and oxygen atoms in total. The van der Waals surface area contributed by atoms with Gasteiger partial charge in [0.1, 0.15) is 0 Å². The number of rotatable bonds is 3. The molecule has 1 aromatic carbocycles. The van der Waals surface area contributed by atoms with Gasteiger partial charge in [0.05, 0.1) is 29.0 Å². The van der Waals surface area contributed by atoms with Gasteiger partial charge in [-0.2, -0.15) is 0 Å². The molecule has 2 aromatic heterocycles. The van der Waals surface area contributed by atoms with Crippen molar-refractivity contribution in [1.29, 1.82) is 0 Å². The Labute approximate surface area is 111 Å². The van der Waals surface area contributed by atoms with Crippen molar-refractivity contribution in [3.63, 3.8) is 0 Å². The Morgan fingerprint density at radius 1 is 1.00 bits per heavy atom. The number of hydrogen-bond acceptors (Lipinski definition) is 4. The molecule has 1 unspecified atom stereocenters. The quantitative estimate of drug-likeness (QED) is 0.774. The van der Waals surface area contributed by atoms with E-state index in [0.717, 1.165) is 22.3 Å². The first-order valence-electron chi connectivity index (χ1n) is 6.19. The maximum Gasteiger partial charge on any atom is 0.0890 e. The van der Waals surface area contributed by atoms with Crippen LogP contribution < -0.4 is 5.73 Å². The normalized spacial score (nSPS) is 12.5. The van der Waals surface area contributed by atoms with Crippen LogP contribution in [0.5, 0.6) is 0 Å². The predicted molar refractivity (Wildman–Crippen MR) is 74.4 cm³/mol. The van der Waals surface area contributed by atoms with Crippen molar-refractivity contribution in [2.75, 3.05) is 0 Å². The lowest BCUT2D eigenvalue weighted by atomic mass is 10.1. The Morgan fingerprint density at radius 2 is 1.84 bits per heavy atom. The summed E-state index contributed by atoms with van der Waals surface area (Å²) in [5.41, 5.74) is 9.86. The van der Waals surface area contributed by atoms with Crippen LogP contribution in [0.15, 0.2) is 55.0 Å². The summed E-state index contributed by atoms with van der Waals surface area (Å²) in [5.74, 6) is 0. The third-order valence-corrected chi connectivity index (χ3v) is 3.03. The van der Waals surface area contributed by atoms with Gasteiger partial charge in [0.2, 0.25) is 0 Å². The van der Waals surface area contributed by atoms with Crippen molar-refractivity contribution in [2.45, 2.75) is 12.5 Å². The van der Waals surface area contributed by atoms with Gasteiger partial charge in [0.15, 0.2) is 0 Å². The molecule has 3 rings (SSSR count). The summed E-state index contributed by atoms with van der Waals surface area (Å²) in [7, 11) is 0. The minimum absolute atomic E-state index is 0.165. The van der Waals surface area contributed by atoms with Crippen LogP contribution in [-0.2, 0) is 6.42 Å². The highest BCUT2D eigenvalue weighted by Gasteiger charge is 2.10. The Morgan fingerprint density at radius 3 is 2.63 bits per heavy atom. The molecule has 0 aliphatic heterocycles. The van der Waals surface area contributed by atoms with Crippen molar-refractivity contribution in [3.05, 3.63) is 66.2 Å². The number of para-hydroxylation sites is 2. The van der Waals surface area contributed by atoms with E-state index < -0.39 is 0 Å². The maximum atomic E-state index is 6.19. The highest BCUT2D eigenvalue weighted by Crippen LogP contribution is 2.16. The molecule has 94 valence electrons. The molecule has 2 N–H and O–H groups in total. The van der Waals surface area contributed by atoms with E-state index in [1.807, 2.05) is 42.6 Å². The lowest BCUT2D eigenvalue weighted by Crippen LogP contribution is -2.15. The first-order chi connectivity index (χ1) is 9.33. The number of nitrogens with zero attached hydrogens (tertiary/aromatic N) is 3. The fraction of sp³-hybridized carbons (Fsp3) is 0.133. The molecular weight excluding hydrogens is 236 g/mol. The van der Waals surface area contributed by atoms with Crippen molar-refractivity contribution in [2.24, 2.45) is 5.73 Å². The average molecular weight is 250 g/mol. The molecule has 0 spiro atoms. The van der Waals surface area contributed by atoms with Crippen LogP contribution in [0.4, 0.5) is 0 Å². The standard InChI is InChI=1S/C15H14N4/c16-12(8-11-4-3-7-17-9-11)15-10-18-13-5-1-2-6-14(13)19-15/h1-7,9-10,12H,8,16H2. The number of pyridine rings is 1. The van der Waals surface area contributed by atoms with Gasteiger partial charge in [-0.15, -0.1) is 0 Å². The first-order valence-corrected chi connectivity index (χ1v) is 6.19. The molecule has 1 atom stereocenters. The van der Waals surface area contributed by atoms with Crippen LogP contribution >= 0.6 is 0 Å². The Hall–Kier alpha value is -2.33. The summed E-state index contributed by atoms with van der Waals surface area (Å²) >= 11 is 0. The molecule has 2 heterocycles. The average Bonchev–Trinajstić information content (AvgIpc) is 2.48. The summed E-state index contributed by atoms with van der Waals surface area (Å²) in [6.07, 6.45) is 6.05. The number of nitrogens with two attached hydrogens (primary N) is 1. The molecule has 4 heteroatoms. The minimum Gasteiger partial charge on any atom is -0.322 e. The maximum absolute atomic E-state index is 6.19. The summed E-state index contributed by atoms with van der Waals surface area (Å²) in [6.45, 7) is 0. The number of aromatic nitrogens is 3. The lowest BCUT2D eigenvalue weighted by Gasteiger charge is -2.11. The highest BCUT2D eigenvalue weighted by atomic mass is 14.8. The Balaban J connectivity index is 1.87. The van der Waals surface area contributed by atoms with E-state index in [4.69, 9.17) is 5.73 Å². The van der Waals surface area contributed by atoms with Crippen LogP contribution in [0.25, 0.3) is 11.0 Å². The number of hydrogen-bond donors (Lipinski definition) is 1. The third-order valence-electron chi connectivity index (χ3n) is 3.03. The SMILES string of the molecule is NC(Cc1cccnc1)c1cnc2ccccc2n1. The molecular formula is C15H14N4. The zero-order valence-corrected chi connectivity index (χ0v) is 10.4. The molecule has 3 aromatic rings. The fourth-order valence-electron chi connectivity index (χ4n) is 2.03. The molecule has 0 aliphatic carbocycles. The van der Waals surface area contributed by atoms with Crippen LogP contribution in [0, 0.1) is 0 Å². The molecule has 0 fully saturated rings.